The van der Waals surface area contributed by atoms with Crippen LogP contribution in [0.5, 0.6) is 0 Å². The number of hydrogen-bond acceptors (Lipinski definition) is 4. The second-order valence-corrected chi connectivity index (χ2v) is 4.86. The number of nitrogens with two attached hydrogens (primary N) is 1. The molecule has 0 aliphatic carbocycles. The Labute approximate surface area is 128 Å². The van der Waals surface area contributed by atoms with Crippen LogP contribution < -0.4 is 5.73 Å². The van der Waals surface area contributed by atoms with E-state index in [2.05, 4.69) is 0 Å². The average Bonchev–Trinajstić information content (AvgIpc) is 2.53. The van der Waals surface area contributed by atoms with E-state index in [0.29, 0.717) is 12.0 Å². The summed E-state index contributed by atoms with van der Waals surface area (Å²) in [4.78, 5) is 23.3. The molecule has 0 unspecified atom stereocenters. The second-order valence-electron chi connectivity index (χ2n) is 4.86. The van der Waals surface area contributed by atoms with Crippen LogP contribution in [0.25, 0.3) is 0 Å². The van der Waals surface area contributed by atoms with Crippen LogP contribution in [0.1, 0.15) is 17.2 Å². The summed E-state index contributed by atoms with van der Waals surface area (Å²) in [6.45, 7) is 0. The van der Waals surface area contributed by atoms with E-state index in [9.17, 15) is 14.7 Å². The molecule has 0 radical (unpaired) electrons. The normalized spacial score (nSPS) is 13.1. The highest BCUT2D eigenvalue weighted by Crippen LogP contribution is 2.18. The van der Waals surface area contributed by atoms with E-state index in [1.165, 1.54) is 0 Å². The Morgan fingerprint density at radius 1 is 1.00 bits per heavy atom. The molecule has 0 spiro atoms. The van der Waals surface area contributed by atoms with Gasteiger partial charge < -0.3 is 15.6 Å². The maximum absolute atomic E-state index is 12.0. The quantitative estimate of drug-likeness (QED) is 0.795. The zero-order valence-electron chi connectivity index (χ0n) is 11.9. The minimum Gasteiger partial charge on any atom is -0.478 e. The summed E-state index contributed by atoms with van der Waals surface area (Å²) in [5, 5.41) is 9.23. The summed E-state index contributed by atoms with van der Waals surface area (Å²) in [7, 11) is 0. The number of carbonyl (C=O) groups excluding carboxylic acids is 1. The molecule has 0 amide bonds. The van der Waals surface area contributed by atoms with Gasteiger partial charge in [-0.3, -0.25) is 4.79 Å². The standard InChI is InChI=1S/C17H17NO4/c18-14(11-12-7-3-1-4-8-12)17(21)22-15(16(19)20)13-9-5-2-6-10-13/h1-10,14-15H,11,18H2,(H,19,20)/t14-,15+/m0/s1. The Morgan fingerprint density at radius 3 is 2.09 bits per heavy atom. The fourth-order valence-corrected chi connectivity index (χ4v) is 2.04. The molecule has 0 saturated carbocycles. The molecule has 0 aliphatic heterocycles. The van der Waals surface area contributed by atoms with E-state index in [4.69, 9.17) is 10.5 Å². The van der Waals surface area contributed by atoms with Crippen molar-refractivity contribution in [3.05, 3.63) is 71.8 Å². The molecule has 114 valence electrons. The summed E-state index contributed by atoms with van der Waals surface area (Å²) >= 11 is 0. The number of benzene rings is 2. The van der Waals surface area contributed by atoms with Crippen LogP contribution in [0.15, 0.2) is 60.7 Å². The van der Waals surface area contributed by atoms with Gasteiger partial charge in [0.25, 0.3) is 0 Å². The number of aliphatic carboxylic acids is 1. The minimum atomic E-state index is -1.35. The van der Waals surface area contributed by atoms with Gasteiger partial charge in [0.15, 0.2) is 0 Å². The lowest BCUT2D eigenvalue weighted by Crippen LogP contribution is -2.36. The first-order chi connectivity index (χ1) is 10.6. The first-order valence-corrected chi connectivity index (χ1v) is 6.85. The third-order valence-electron chi connectivity index (χ3n) is 3.16. The minimum absolute atomic E-state index is 0.292. The highest BCUT2D eigenvalue weighted by Gasteiger charge is 2.27. The molecule has 5 nitrogen and oxygen atoms in total. The van der Waals surface area contributed by atoms with Crippen molar-refractivity contribution in [1.82, 2.24) is 0 Å². The summed E-state index contributed by atoms with van der Waals surface area (Å²) in [6.07, 6.45) is -1.06. The van der Waals surface area contributed by atoms with Crippen molar-refractivity contribution in [2.24, 2.45) is 5.73 Å². The largest absolute Gasteiger partial charge is 0.478 e. The molecular weight excluding hydrogens is 282 g/mol. The first kappa shape index (κ1) is 15.7. The highest BCUT2D eigenvalue weighted by atomic mass is 16.6. The fourth-order valence-electron chi connectivity index (χ4n) is 2.04. The van der Waals surface area contributed by atoms with Crippen molar-refractivity contribution >= 4 is 11.9 Å². The molecule has 22 heavy (non-hydrogen) atoms. The summed E-state index contributed by atoms with van der Waals surface area (Å²) < 4.78 is 5.07. The van der Waals surface area contributed by atoms with E-state index >= 15 is 0 Å². The Kier molecular flexibility index (Phi) is 5.27. The van der Waals surface area contributed by atoms with Crippen molar-refractivity contribution in [3.8, 4) is 0 Å². The molecule has 0 saturated heterocycles. The van der Waals surface area contributed by atoms with Crippen LogP contribution >= 0.6 is 0 Å². The molecule has 2 aromatic rings. The molecule has 2 rings (SSSR count). The lowest BCUT2D eigenvalue weighted by molar-refractivity contribution is -0.165. The van der Waals surface area contributed by atoms with E-state index in [1.807, 2.05) is 30.3 Å². The molecular formula is C17H17NO4. The SMILES string of the molecule is N[C@@H](Cc1ccccc1)C(=O)O[C@@H](C(=O)O)c1ccccc1. The zero-order valence-corrected chi connectivity index (χ0v) is 11.9. The maximum atomic E-state index is 12.0. The van der Waals surface area contributed by atoms with E-state index in [1.54, 1.807) is 30.3 Å². The van der Waals surface area contributed by atoms with Gasteiger partial charge in [-0.1, -0.05) is 60.7 Å². The number of esters is 1. The Hall–Kier alpha value is -2.66. The van der Waals surface area contributed by atoms with Crippen LogP contribution in [0, 0.1) is 0 Å². The third-order valence-corrected chi connectivity index (χ3v) is 3.16. The van der Waals surface area contributed by atoms with Crippen molar-refractivity contribution in [3.63, 3.8) is 0 Å². The number of carboxylic acids is 1. The van der Waals surface area contributed by atoms with E-state index < -0.39 is 24.1 Å². The van der Waals surface area contributed by atoms with Gasteiger partial charge in [-0.05, 0) is 12.0 Å². The van der Waals surface area contributed by atoms with Crippen molar-refractivity contribution in [1.29, 1.82) is 0 Å². The van der Waals surface area contributed by atoms with Gasteiger partial charge in [0.1, 0.15) is 6.04 Å². The monoisotopic (exact) mass is 299 g/mol. The van der Waals surface area contributed by atoms with Crippen LogP contribution in [0.2, 0.25) is 0 Å². The summed E-state index contributed by atoms with van der Waals surface area (Å²) in [5.74, 6) is -1.97. The zero-order chi connectivity index (χ0) is 15.9. The number of ether oxygens (including phenoxy) is 1. The van der Waals surface area contributed by atoms with Crippen LogP contribution in [0.3, 0.4) is 0 Å². The third kappa shape index (κ3) is 4.17. The van der Waals surface area contributed by atoms with Crippen LogP contribution in [0.4, 0.5) is 0 Å². The maximum Gasteiger partial charge on any atom is 0.349 e. The lowest BCUT2D eigenvalue weighted by Gasteiger charge is -2.17. The van der Waals surface area contributed by atoms with E-state index in [-0.39, 0.29) is 0 Å². The van der Waals surface area contributed by atoms with Gasteiger partial charge in [0.2, 0.25) is 6.10 Å². The Morgan fingerprint density at radius 2 is 1.55 bits per heavy atom. The molecule has 0 heterocycles. The molecule has 2 aromatic carbocycles. The van der Waals surface area contributed by atoms with Crippen molar-refractivity contribution in [2.45, 2.75) is 18.6 Å². The van der Waals surface area contributed by atoms with Gasteiger partial charge in [-0.15, -0.1) is 0 Å². The molecule has 0 bridgehead atoms. The van der Waals surface area contributed by atoms with Gasteiger partial charge in [0.05, 0.1) is 0 Å². The number of rotatable bonds is 6. The summed E-state index contributed by atoms with van der Waals surface area (Å²) in [5.41, 5.74) is 7.09. The average molecular weight is 299 g/mol. The van der Waals surface area contributed by atoms with Gasteiger partial charge >= 0.3 is 11.9 Å². The number of carbonyl (C=O) groups is 2. The van der Waals surface area contributed by atoms with E-state index in [0.717, 1.165) is 5.56 Å². The highest BCUT2D eigenvalue weighted by molar-refractivity contribution is 5.82. The van der Waals surface area contributed by atoms with Crippen LogP contribution in [-0.2, 0) is 20.7 Å². The molecule has 0 aliphatic rings. The summed E-state index contributed by atoms with van der Waals surface area (Å²) in [6, 6.07) is 16.6. The number of carboxylic acid groups (broad SMARTS) is 1. The van der Waals surface area contributed by atoms with Gasteiger partial charge in [-0.2, -0.15) is 0 Å². The Balaban J connectivity index is 2.04. The molecule has 5 heteroatoms. The van der Waals surface area contributed by atoms with Gasteiger partial charge in [0, 0.05) is 5.56 Å². The molecule has 0 fully saturated rings. The second kappa shape index (κ2) is 7.38. The smallest absolute Gasteiger partial charge is 0.349 e. The molecule has 2 atom stereocenters. The van der Waals surface area contributed by atoms with Gasteiger partial charge in [-0.25, -0.2) is 4.79 Å². The Bertz CT molecular complexity index is 628. The fraction of sp³-hybridized carbons (Fsp3) is 0.176. The molecule has 0 aromatic heterocycles. The molecule has 3 N–H and O–H groups in total. The topological polar surface area (TPSA) is 89.6 Å². The van der Waals surface area contributed by atoms with Crippen LogP contribution in [-0.4, -0.2) is 23.1 Å². The lowest BCUT2D eigenvalue weighted by atomic mass is 10.1. The van der Waals surface area contributed by atoms with Crippen molar-refractivity contribution in [2.75, 3.05) is 0 Å². The predicted molar refractivity (Wildman–Crippen MR) is 81.0 cm³/mol. The first-order valence-electron chi connectivity index (χ1n) is 6.85. The van der Waals surface area contributed by atoms with Crippen molar-refractivity contribution < 1.29 is 19.4 Å². The predicted octanol–water partition coefficient (Wildman–Crippen LogP) is 1.93. The number of hydrogen-bond donors (Lipinski definition) is 2.